The number of carbonyl (C=O) groups is 1. The molecule has 0 atom stereocenters. The minimum Gasteiger partial charge on any atom is -0.462 e. The van der Waals surface area contributed by atoms with Crippen molar-refractivity contribution in [3.05, 3.63) is 24.0 Å². The molecule has 0 aliphatic carbocycles. The van der Waals surface area contributed by atoms with Crippen molar-refractivity contribution in [1.29, 1.82) is 0 Å². The molecule has 0 saturated carbocycles. The third kappa shape index (κ3) is 3.05. The lowest BCUT2D eigenvalue weighted by molar-refractivity contribution is 0.0458. The number of pyridine rings is 1. The van der Waals surface area contributed by atoms with E-state index in [1.807, 2.05) is 13.8 Å². The van der Waals surface area contributed by atoms with Gasteiger partial charge < -0.3 is 10.5 Å². The third-order valence-electron chi connectivity index (χ3n) is 1.54. The maximum absolute atomic E-state index is 11.4. The summed E-state index contributed by atoms with van der Waals surface area (Å²) >= 11 is 0. The Hall–Kier alpha value is -1.58. The van der Waals surface area contributed by atoms with E-state index in [9.17, 15) is 4.79 Å². The quantitative estimate of drug-likeness (QED) is 0.740. The molecule has 0 amide bonds. The highest BCUT2D eigenvalue weighted by atomic mass is 16.5. The molecule has 1 aromatic rings. The average Bonchev–Trinajstić information content (AvgIpc) is 2.14. The molecule has 0 saturated heterocycles. The van der Waals surface area contributed by atoms with Gasteiger partial charge in [-0.25, -0.2) is 4.79 Å². The van der Waals surface area contributed by atoms with Gasteiger partial charge in [0, 0.05) is 12.4 Å². The number of nitrogens with zero attached hydrogens (tertiary/aromatic N) is 1. The zero-order chi connectivity index (χ0) is 10.6. The normalized spacial score (nSPS) is 10.2. The van der Waals surface area contributed by atoms with Crippen LogP contribution in [0.3, 0.4) is 0 Å². The molecule has 0 spiro atoms. The zero-order valence-corrected chi connectivity index (χ0v) is 8.36. The largest absolute Gasteiger partial charge is 0.462 e. The Morgan fingerprint density at radius 3 is 2.86 bits per heavy atom. The molecule has 1 aromatic heterocycles. The monoisotopic (exact) mass is 194 g/mol. The van der Waals surface area contributed by atoms with Crippen molar-refractivity contribution in [2.75, 3.05) is 12.3 Å². The fourth-order valence-corrected chi connectivity index (χ4v) is 0.895. The van der Waals surface area contributed by atoms with E-state index < -0.39 is 0 Å². The summed E-state index contributed by atoms with van der Waals surface area (Å²) in [6.45, 7) is 4.36. The van der Waals surface area contributed by atoms with Gasteiger partial charge in [0.15, 0.2) is 0 Å². The molecule has 0 bridgehead atoms. The van der Waals surface area contributed by atoms with Gasteiger partial charge in [-0.05, 0) is 12.0 Å². The van der Waals surface area contributed by atoms with E-state index >= 15 is 0 Å². The number of nitrogen functional groups attached to an aromatic ring is 1. The van der Waals surface area contributed by atoms with Crippen LogP contribution in [0.25, 0.3) is 0 Å². The number of ether oxygens (including phenoxy) is 1. The second-order valence-electron chi connectivity index (χ2n) is 3.50. The van der Waals surface area contributed by atoms with E-state index in [0.29, 0.717) is 23.8 Å². The molecule has 0 aliphatic rings. The second kappa shape index (κ2) is 4.60. The summed E-state index contributed by atoms with van der Waals surface area (Å²) in [6.07, 6.45) is 2.93. The molecule has 4 nitrogen and oxygen atoms in total. The van der Waals surface area contributed by atoms with E-state index in [1.165, 1.54) is 12.4 Å². The lowest BCUT2D eigenvalue weighted by Crippen LogP contribution is -2.10. The molecular formula is C10H14N2O2. The first-order chi connectivity index (χ1) is 6.59. The molecular weight excluding hydrogens is 180 g/mol. The third-order valence-corrected chi connectivity index (χ3v) is 1.54. The Bertz CT molecular complexity index is 324. The number of rotatable bonds is 3. The molecule has 1 heterocycles. The van der Waals surface area contributed by atoms with E-state index in [2.05, 4.69) is 4.98 Å². The minimum absolute atomic E-state index is 0.327. The summed E-state index contributed by atoms with van der Waals surface area (Å²) in [7, 11) is 0. The minimum atomic E-state index is -0.376. The van der Waals surface area contributed by atoms with Crippen molar-refractivity contribution in [2.24, 2.45) is 5.92 Å². The predicted molar refractivity (Wildman–Crippen MR) is 53.8 cm³/mol. The first-order valence-electron chi connectivity index (χ1n) is 4.47. The van der Waals surface area contributed by atoms with E-state index in [1.54, 1.807) is 6.07 Å². The summed E-state index contributed by atoms with van der Waals surface area (Å²) < 4.78 is 5.01. The lowest BCUT2D eigenvalue weighted by atomic mass is 10.2. The van der Waals surface area contributed by atoms with Crippen LogP contribution in [0, 0.1) is 5.92 Å². The van der Waals surface area contributed by atoms with Crippen LogP contribution in [0.2, 0.25) is 0 Å². The highest BCUT2D eigenvalue weighted by molar-refractivity contribution is 5.89. The summed E-state index contributed by atoms with van der Waals surface area (Å²) in [4.78, 5) is 15.2. The Morgan fingerprint density at radius 1 is 1.57 bits per heavy atom. The Morgan fingerprint density at radius 2 is 2.29 bits per heavy atom. The topological polar surface area (TPSA) is 65.2 Å². The summed E-state index contributed by atoms with van der Waals surface area (Å²) in [6, 6.07) is 1.55. The summed E-state index contributed by atoms with van der Waals surface area (Å²) in [5.41, 5.74) is 6.34. The molecule has 4 heteroatoms. The standard InChI is InChI=1S/C10H14N2O2/c1-7(2)6-14-10(13)8-3-9(11)5-12-4-8/h3-5,7H,6,11H2,1-2H3. The van der Waals surface area contributed by atoms with Gasteiger partial charge in [0.05, 0.1) is 17.9 Å². The molecule has 0 radical (unpaired) electrons. The maximum Gasteiger partial charge on any atom is 0.339 e. The number of hydrogen-bond acceptors (Lipinski definition) is 4. The molecule has 76 valence electrons. The first-order valence-corrected chi connectivity index (χ1v) is 4.47. The molecule has 0 aromatic carbocycles. The van der Waals surface area contributed by atoms with Crippen molar-refractivity contribution in [1.82, 2.24) is 4.98 Å². The maximum atomic E-state index is 11.4. The number of nitrogens with two attached hydrogens (primary N) is 1. The molecule has 14 heavy (non-hydrogen) atoms. The molecule has 0 aliphatic heterocycles. The van der Waals surface area contributed by atoms with Gasteiger partial charge >= 0.3 is 5.97 Å². The van der Waals surface area contributed by atoms with Crippen LogP contribution in [-0.4, -0.2) is 17.6 Å². The highest BCUT2D eigenvalue weighted by Crippen LogP contribution is 2.06. The van der Waals surface area contributed by atoms with Crippen molar-refractivity contribution in [3.8, 4) is 0 Å². The highest BCUT2D eigenvalue weighted by Gasteiger charge is 2.08. The zero-order valence-electron chi connectivity index (χ0n) is 8.36. The van der Waals surface area contributed by atoms with Crippen LogP contribution >= 0.6 is 0 Å². The number of anilines is 1. The summed E-state index contributed by atoms with van der Waals surface area (Å²) in [5.74, 6) is -0.0496. The molecule has 0 fully saturated rings. The van der Waals surface area contributed by atoms with Crippen molar-refractivity contribution in [3.63, 3.8) is 0 Å². The molecule has 1 rings (SSSR count). The fourth-order valence-electron chi connectivity index (χ4n) is 0.895. The van der Waals surface area contributed by atoms with Crippen LogP contribution in [0.4, 0.5) is 5.69 Å². The number of aromatic nitrogens is 1. The summed E-state index contributed by atoms with van der Waals surface area (Å²) in [5, 5.41) is 0. The van der Waals surface area contributed by atoms with Crippen LogP contribution in [-0.2, 0) is 4.74 Å². The Kier molecular flexibility index (Phi) is 3.45. The van der Waals surface area contributed by atoms with Gasteiger partial charge in [-0.2, -0.15) is 0 Å². The van der Waals surface area contributed by atoms with Gasteiger partial charge in [-0.3, -0.25) is 4.98 Å². The Labute approximate surface area is 83.1 Å². The predicted octanol–water partition coefficient (Wildman–Crippen LogP) is 1.48. The average molecular weight is 194 g/mol. The SMILES string of the molecule is CC(C)COC(=O)c1cncc(N)c1. The van der Waals surface area contributed by atoms with Gasteiger partial charge in [-0.15, -0.1) is 0 Å². The lowest BCUT2D eigenvalue weighted by Gasteiger charge is -2.06. The van der Waals surface area contributed by atoms with Crippen molar-refractivity contribution < 1.29 is 9.53 Å². The van der Waals surface area contributed by atoms with Crippen LogP contribution in [0.15, 0.2) is 18.5 Å². The smallest absolute Gasteiger partial charge is 0.339 e. The number of carbonyl (C=O) groups excluding carboxylic acids is 1. The van der Waals surface area contributed by atoms with Gasteiger partial charge in [0.1, 0.15) is 0 Å². The fraction of sp³-hybridized carbons (Fsp3) is 0.400. The van der Waals surface area contributed by atoms with Gasteiger partial charge in [0.2, 0.25) is 0 Å². The first kappa shape index (κ1) is 10.5. The van der Waals surface area contributed by atoms with Crippen LogP contribution in [0.1, 0.15) is 24.2 Å². The van der Waals surface area contributed by atoms with E-state index in [4.69, 9.17) is 10.5 Å². The van der Waals surface area contributed by atoms with Gasteiger partial charge in [-0.1, -0.05) is 13.8 Å². The van der Waals surface area contributed by atoms with Crippen molar-refractivity contribution in [2.45, 2.75) is 13.8 Å². The molecule has 0 unspecified atom stereocenters. The van der Waals surface area contributed by atoms with E-state index in [-0.39, 0.29) is 5.97 Å². The number of esters is 1. The van der Waals surface area contributed by atoms with Crippen LogP contribution < -0.4 is 5.73 Å². The van der Waals surface area contributed by atoms with Crippen LogP contribution in [0.5, 0.6) is 0 Å². The van der Waals surface area contributed by atoms with Crippen molar-refractivity contribution >= 4 is 11.7 Å². The Balaban J connectivity index is 2.61. The second-order valence-corrected chi connectivity index (χ2v) is 3.50. The number of hydrogen-bond donors (Lipinski definition) is 1. The van der Waals surface area contributed by atoms with Gasteiger partial charge in [0.25, 0.3) is 0 Å². The van der Waals surface area contributed by atoms with E-state index in [0.717, 1.165) is 0 Å². The molecule has 2 N–H and O–H groups in total.